The Morgan fingerprint density at radius 1 is 1.16 bits per heavy atom. The Bertz CT molecular complexity index is 368. The third-order valence-electron chi connectivity index (χ3n) is 2.95. The summed E-state index contributed by atoms with van der Waals surface area (Å²) < 4.78 is 16.6. The highest BCUT2D eigenvalue weighted by molar-refractivity contribution is 5.46. The maximum Gasteiger partial charge on any atom is 0.127 e. The van der Waals surface area contributed by atoms with E-state index in [4.69, 9.17) is 14.2 Å². The van der Waals surface area contributed by atoms with Gasteiger partial charge in [-0.15, -0.1) is 0 Å². The summed E-state index contributed by atoms with van der Waals surface area (Å²) in [4.78, 5) is 0. The summed E-state index contributed by atoms with van der Waals surface area (Å²) in [5.41, 5.74) is 1.04. The van der Waals surface area contributed by atoms with E-state index in [1.165, 1.54) is 0 Å². The molecule has 1 rings (SSSR count). The predicted molar refractivity (Wildman–Crippen MR) is 77.1 cm³/mol. The molecule has 0 aliphatic carbocycles. The topological polar surface area (TPSA) is 39.7 Å². The number of ether oxygens (including phenoxy) is 3. The van der Waals surface area contributed by atoms with E-state index in [1.807, 2.05) is 25.2 Å². The second-order valence-corrected chi connectivity index (χ2v) is 4.34. The Labute approximate surface area is 116 Å². The number of hydrogen-bond acceptors (Lipinski definition) is 4. The van der Waals surface area contributed by atoms with Crippen molar-refractivity contribution in [3.63, 3.8) is 0 Å². The van der Waals surface area contributed by atoms with E-state index < -0.39 is 0 Å². The van der Waals surface area contributed by atoms with Gasteiger partial charge in [0.15, 0.2) is 0 Å². The van der Waals surface area contributed by atoms with Crippen LogP contribution in [-0.2, 0) is 4.74 Å². The average Bonchev–Trinajstić information content (AvgIpc) is 2.45. The van der Waals surface area contributed by atoms with Crippen molar-refractivity contribution in [3.05, 3.63) is 23.8 Å². The van der Waals surface area contributed by atoms with Gasteiger partial charge in [-0.25, -0.2) is 0 Å². The minimum Gasteiger partial charge on any atom is -0.496 e. The van der Waals surface area contributed by atoms with Crippen LogP contribution in [0.4, 0.5) is 0 Å². The van der Waals surface area contributed by atoms with Gasteiger partial charge in [-0.05, 0) is 32.5 Å². The molecule has 1 atom stereocenters. The van der Waals surface area contributed by atoms with Crippen molar-refractivity contribution in [2.45, 2.75) is 26.3 Å². The fraction of sp³-hybridized carbons (Fsp3) is 0.600. The van der Waals surface area contributed by atoms with E-state index in [2.05, 4.69) is 19.2 Å². The second-order valence-electron chi connectivity index (χ2n) is 4.34. The number of methoxy groups -OCH3 is 1. The van der Waals surface area contributed by atoms with Gasteiger partial charge in [0.25, 0.3) is 0 Å². The highest BCUT2D eigenvalue weighted by atomic mass is 16.5. The molecule has 4 nitrogen and oxygen atoms in total. The average molecular weight is 267 g/mol. The number of rotatable bonds is 9. The van der Waals surface area contributed by atoms with Crippen LogP contribution >= 0.6 is 0 Å². The molecule has 4 heteroatoms. The molecular formula is C15H25NO3. The Kier molecular flexibility index (Phi) is 7.30. The first-order valence-corrected chi connectivity index (χ1v) is 6.79. The second kappa shape index (κ2) is 8.77. The molecule has 1 unspecified atom stereocenters. The van der Waals surface area contributed by atoms with E-state index in [1.54, 1.807) is 7.11 Å². The summed E-state index contributed by atoms with van der Waals surface area (Å²) in [6.07, 6.45) is 1.03. The van der Waals surface area contributed by atoms with Crippen molar-refractivity contribution in [1.29, 1.82) is 0 Å². The molecule has 0 aliphatic rings. The molecule has 0 aliphatic heterocycles. The molecule has 1 aromatic rings. The fourth-order valence-corrected chi connectivity index (χ4v) is 1.86. The summed E-state index contributed by atoms with van der Waals surface area (Å²) in [6, 6.07) is 6.02. The molecular weight excluding hydrogens is 242 g/mol. The van der Waals surface area contributed by atoms with Gasteiger partial charge < -0.3 is 19.5 Å². The predicted octanol–water partition coefficient (Wildman–Crippen LogP) is 2.78. The molecule has 0 spiro atoms. The van der Waals surface area contributed by atoms with Crippen molar-refractivity contribution < 1.29 is 14.2 Å². The van der Waals surface area contributed by atoms with Gasteiger partial charge in [-0.2, -0.15) is 0 Å². The zero-order valence-corrected chi connectivity index (χ0v) is 12.4. The normalized spacial score (nSPS) is 12.2. The summed E-state index contributed by atoms with van der Waals surface area (Å²) >= 11 is 0. The van der Waals surface area contributed by atoms with Crippen LogP contribution in [0, 0.1) is 0 Å². The zero-order chi connectivity index (χ0) is 14.1. The first-order valence-electron chi connectivity index (χ1n) is 6.79. The Morgan fingerprint density at radius 2 is 1.89 bits per heavy atom. The van der Waals surface area contributed by atoms with Gasteiger partial charge in [0.05, 0.1) is 19.3 Å². The molecule has 0 bridgehead atoms. The minimum absolute atomic E-state index is 0.169. The Morgan fingerprint density at radius 3 is 2.53 bits per heavy atom. The third kappa shape index (κ3) is 4.73. The monoisotopic (exact) mass is 267 g/mol. The van der Waals surface area contributed by atoms with E-state index in [0.29, 0.717) is 13.2 Å². The van der Waals surface area contributed by atoms with Crippen LogP contribution in [0.25, 0.3) is 0 Å². The number of benzene rings is 1. The van der Waals surface area contributed by atoms with Crippen molar-refractivity contribution in [2.24, 2.45) is 0 Å². The molecule has 0 saturated heterocycles. The molecule has 0 saturated carbocycles. The summed E-state index contributed by atoms with van der Waals surface area (Å²) in [5.74, 6) is 1.69. The van der Waals surface area contributed by atoms with Crippen LogP contribution < -0.4 is 14.8 Å². The summed E-state index contributed by atoms with van der Waals surface area (Å²) in [5, 5.41) is 3.22. The van der Waals surface area contributed by atoms with Crippen LogP contribution in [0.1, 0.15) is 31.9 Å². The first-order chi connectivity index (χ1) is 9.24. The fourth-order valence-electron chi connectivity index (χ4n) is 1.86. The molecule has 108 valence electrons. The van der Waals surface area contributed by atoms with Crippen LogP contribution in [0.5, 0.6) is 11.5 Å². The lowest BCUT2D eigenvalue weighted by atomic mass is 10.1. The van der Waals surface area contributed by atoms with Gasteiger partial charge >= 0.3 is 0 Å². The van der Waals surface area contributed by atoms with E-state index in [0.717, 1.165) is 30.1 Å². The first kappa shape index (κ1) is 15.8. The largest absolute Gasteiger partial charge is 0.496 e. The van der Waals surface area contributed by atoms with Gasteiger partial charge in [-0.3, -0.25) is 0 Å². The van der Waals surface area contributed by atoms with Gasteiger partial charge in [0.2, 0.25) is 0 Å². The van der Waals surface area contributed by atoms with Crippen LogP contribution in [-0.4, -0.2) is 34.0 Å². The highest BCUT2D eigenvalue weighted by Gasteiger charge is 2.15. The van der Waals surface area contributed by atoms with Crippen molar-refractivity contribution in [1.82, 2.24) is 5.32 Å². The van der Waals surface area contributed by atoms with Gasteiger partial charge in [0.1, 0.15) is 18.1 Å². The molecule has 1 N–H and O–H groups in total. The van der Waals surface area contributed by atoms with E-state index >= 15 is 0 Å². The van der Waals surface area contributed by atoms with Crippen LogP contribution in [0.3, 0.4) is 0 Å². The molecule has 0 aromatic heterocycles. The Balaban J connectivity index is 2.70. The van der Waals surface area contributed by atoms with Gasteiger partial charge in [-0.1, -0.05) is 13.0 Å². The SMILES string of the molecule is CCCOCCOc1cccc(OC)c1C(C)NC. The zero-order valence-electron chi connectivity index (χ0n) is 12.4. The minimum atomic E-state index is 0.169. The lowest BCUT2D eigenvalue weighted by Crippen LogP contribution is -2.16. The quantitative estimate of drug-likeness (QED) is 0.698. The lowest BCUT2D eigenvalue weighted by Gasteiger charge is -2.19. The van der Waals surface area contributed by atoms with Crippen LogP contribution in [0.15, 0.2) is 18.2 Å². The smallest absolute Gasteiger partial charge is 0.127 e. The molecule has 0 amide bonds. The maximum absolute atomic E-state index is 5.80. The molecule has 19 heavy (non-hydrogen) atoms. The van der Waals surface area contributed by atoms with E-state index in [-0.39, 0.29) is 6.04 Å². The summed E-state index contributed by atoms with van der Waals surface area (Å²) in [6.45, 7) is 6.12. The van der Waals surface area contributed by atoms with Gasteiger partial charge in [0, 0.05) is 12.6 Å². The summed E-state index contributed by atoms with van der Waals surface area (Å²) in [7, 11) is 3.60. The number of hydrogen-bond donors (Lipinski definition) is 1. The van der Waals surface area contributed by atoms with Crippen molar-refractivity contribution >= 4 is 0 Å². The van der Waals surface area contributed by atoms with E-state index in [9.17, 15) is 0 Å². The van der Waals surface area contributed by atoms with Crippen LogP contribution in [0.2, 0.25) is 0 Å². The standard InChI is InChI=1S/C15H25NO3/c1-5-9-18-10-11-19-14-8-6-7-13(17-4)15(14)12(2)16-3/h6-8,12,16H,5,9-11H2,1-4H3. The molecule has 0 fully saturated rings. The van der Waals surface area contributed by atoms with Crippen molar-refractivity contribution in [2.75, 3.05) is 34.0 Å². The molecule has 0 radical (unpaired) electrons. The molecule has 1 aromatic carbocycles. The lowest BCUT2D eigenvalue weighted by molar-refractivity contribution is 0.0999. The third-order valence-corrected chi connectivity index (χ3v) is 2.95. The number of nitrogens with one attached hydrogen (secondary N) is 1. The van der Waals surface area contributed by atoms with Crippen molar-refractivity contribution in [3.8, 4) is 11.5 Å². The maximum atomic E-state index is 5.80. The molecule has 0 heterocycles. The Hall–Kier alpha value is -1.26. The highest BCUT2D eigenvalue weighted by Crippen LogP contribution is 2.33.